The fraction of sp³-hybridized carbons (Fsp3) is 0.182. The highest BCUT2D eigenvalue weighted by atomic mass is 16.3. The Morgan fingerprint density at radius 1 is 1.56 bits per heavy atom. The van der Waals surface area contributed by atoms with Crippen molar-refractivity contribution in [1.82, 2.24) is 15.0 Å². The molecule has 0 radical (unpaired) electrons. The number of nitrogens with one attached hydrogen (secondary N) is 1. The third kappa shape index (κ3) is 2.30. The van der Waals surface area contributed by atoms with Gasteiger partial charge in [-0.15, -0.1) is 0 Å². The summed E-state index contributed by atoms with van der Waals surface area (Å²) in [6, 6.07) is 3.19. The van der Waals surface area contributed by atoms with Crippen molar-refractivity contribution in [2.75, 3.05) is 0 Å². The molecule has 0 unspecified atom stereocenters. The molecule has 7 heteroatoms. The van der Waals surface area contributed by atoms with Gasteiger partial charge in [-0.05, 0) is 19.1 Å². The smallest absolute Gasteiger partial charge is 0.348 e. The Bertz CT molecular complexity index is 629. The van der Waals surface area contributed by atoms with Crippen LogP contribution in [0.25, 0.3) is 0 Å². The normalized spacial score (nSPS) is 10.3. The Balaban J connectivity index is 2.32. The van der Waals surface area contributed by atoms with Crippen LogP contribution in [0.4, 0.5) is 0 Å². The van der Waals surface area contributed by atoms with Crippen molar-refractivity contribution in [3.8, 4) is 0 Å². The van der Waals surface area contributed by atoms with Gasteiger partial charge < -0.3 is 4.42 Å². The van der Waals surface area contributed by atoms with E-state index in [-0.39, 0.29) is 6.54 Å². The third-order valence-electron chi connectivity index (χ3n) is 2.45. The number of carbonyl (C=O) groups excluding carboxylic acids is 1. The van der Waals surface area contributed by atoms with Gasteiger partial charge in [0.25, 0.3) is 5.91 Å². The molecular weight excluding hydrogens is 236 g/mol. The summed E-state index contributed by atoms with van der Waals surface area (Å²) in [5, 5.41) is 0. The first kappa shape index (κ1) is 12.1. The highest BCUT2D eigenvalue weighted by Gasteiger charge is 2.14. The van der Waals surface area contributed by atoms with Gasteiger partial charge in [0.15, 0.2) is 0 Å². The van der Waals surface area contributed by atoms with Gasteiger partial charge in [-0.3, -0.25) is 14.8 Å². The summed E-state index contributed by atoms with van der Waals surface area (Å²) in [5.74, 6) is 4.94. The minimum absolute atomic E-state index is 0.127. The lowest BCUT2D eigenvalue weighted by Gasteiger charge is -2.04. The van der Waals surface area contributed by atoms with Crippen LogP contribution in [0.1, 0.15) is 21.8 Å². The predicted molar refractivity (Wildman–Crippen MR) is 62.7 cm³/mol. The van der Waals surface area contributed by atoms with Crippen molar-refractivity contribution in [3.05, 3.63) is 52.1 Å². The van der Waals surface area contributed by atoms with E-state index in [1.165, 1.54) is 16.9 Å². The highest BCUT2D eigenvalue weighted by molar-refractivity contribution is 5.94. The number of hydrogen-bond donors (Lipinski definition) is 2. The van der Waals surface area contributed by atoms with Crippen molar-refractivity contribution >= 4 is 5.91 Å². The Morgan fingerprint density at radius 3 is 3.00 bits per heavy atom. The molecule has 2 aromatic heterocycles. The van der Waals surface area contributed by atoms with Gasteiger partial charge in [0.2, 0.25) is 0 Å². The summed E-state index contributed by atoms with van der Waals surface area (Å²) in [7, 11) is 0. The number of rotatable bonds is 3. The van der Waals surface area contributed by atoms with Crippen molar-refractivity contribution in [3.63, 3.8) is 0 Å². The topological polar surface area (TPSA) is 103 Å². The van der Waals surface area contributed by atoms with Gasteiger partial charge in [-0.25, -0.2) is 10.6 Å². The van der Waals surface area contributed by atoms with E-state index in [0.29, 0.717) is 17.0 Å². The fourth-order valence-electron chi connectivity index (χ4n) is 1.53. The zero-order valence-electron chi connectivity index (χ0n) is 9.71. The van der Waals surface area contributed by atoms with Gasteiger partial charge in [-0.2, -0.15) is 4.98 Å². The lowest BCUT2D eigenvalue weighted by molar-refractivity contribution is 0.0951. The number of carbonyl (C=O) groups is 1. The van der Waals surface area contributed by atoms with Crippen LogP contribution >= 0.6 is 0 Å². The minimum atomic E-state index is -0.466. The second kappa shape index (κ2) is 4.84. The Hall–Kier alpha value is -2.41. The quantitative estimate of drug-likeness (QED) is 0.444. The van der Waals surface area contributed by atoms with Crippen LogP contribution in [0.3, 0.4) is 0 Å². The molecule has 18 heavy (non-hydrogen) atoms. The summed E-state index contributed by atoms with van der Waals surface area (Å²) in [4.78, 5) is 26.8. The number of amides is 1. The molecule has 0 aromatic carbocycles. The number of furan rings is 1. The first-order valence-corrected chi connectivity index (χ1v) is 5.23. The standard InChI is InChI=1S/C11H12N4O3/c1-7-2-4-15(11(17)13-7)6-9-8(3-5-18-9)10(16)14-12/h2-5H,6,12H2,1H3,(H,14,16). The molecule has 0 fully saturated rings. The Kier molecular flexibility index (Phi) is 3.24. The molecule has 2 aromatic rings. The third-order valence-corrected chi connectivity index (χ3v) is 2.45. The second-order valence-corrected chi connectivity index (χ2v) is 3.71. The molecule has 7 nitrogen and oxygen atoms in total. The molecule has 0 saturated heterocycles. The number of hydrazine groups is 1. The van der Waals surface area contributed by atoms with E-state index in [9.17, 15) is 9.59 Å². The van der Waals surface area contributed by atoms with Crippen molar-refractivity contribution < 1.29 is 9.21 Å². The molecule has 0 aliphatic rings. The second-order valence-electron chi connectivity index (χ2n) is 3.71. The highest BCUT2D eigenvalue weighted by Crippen LogP contribution is 2.11. The van der Waals surface area contributed by atoms with Gasteiger partial charge >= 0.3 is 5.69 Å². The predicted octanol–water partition coefficient (Wildman–Crippen LogP) is -0.203. The van der Waals surface area contributed by atoms with Gasteiger partial charge in [-0.1, -0.05) is 0 Å². The molecule has 94 valence electrons. The maximum absolute atomic E-state index is 11.6. The van der Waals surface area contributed by atoms with Gasteiger partial charge in [0.1, 0.15) is 5.76 Å². The summed E-state index contributed by atoms with van der Waals surface area (Å²) in [6.07, 6.45) is 2.96. The molecule has 0 atom stereocenters. The molecular formula is C11H12N4O3. The molecule has 0 aliphatic heterocycles. The molecule has 0 bridgehead atoms. The lowest BCUT2D eigenvalue weighted by atomic mass is 10.2. The Labute approximate surface area is 102 Å². The van der Waals surface area contributed by atoms with Gasteiger partial charge in [0.05, 0.1) is 18.4 Å². The maximum Gasteiger partial charge on any atom is 0.348 e. The van der Waals surface area contributed by atoms with E-state index in [2.05, 4.69) is 4.98 Å². The number of aromatic nitrogens is 2. The number of nitrogens with two attached hydrogens (primary N) is 1. The summed E-state index contributed by atoms with van der Waals surface area (Å²) in [6.45, 7) is 1.85. The van der Waals surface area contributed by atoms with Crippen LogP contribution in [0.15, 0.2) is 33.8 Å². The maximum atomic E-state index is 11.6. The average Bonchev–Trinajstić information content (AvgIpc) is 2.80. The molecule has 0 spiro atoms. The van der Waals surface area contributed by atoms with E-state index in [0.717, 1.165) is 0 Å². The largest absolute Gasteiger partial charge is 0.467 e. The molecule has 2 rings (SSSR count). The molecule has 0 aliphatic carbocycles. The summed E-state index contributed by atoms with van der Waals surface area (Å²) in [5.41, 5.74) is 2.55. The van der Waals surface area contributed by atoms with Crippen LogP contribution in [-0.2, 0) is 6.54 Å². The van der Waals surface area contributed by atoms with Crippen molar-refractivity contribution in [2.24, 2.45) is 5.84 Å². The Morgan fingerprint density at radius 2 is 2.33 bits per heavy atom. The van der Waals surface area contributed by atoms with E-state index in [1.807, 2.05) is 5.43 Å². The molecule has 0 saturated carbocycles. The van der Waals surface area contributed by atoms with E-state index in [4.69, 9.17) is 10.3 Å². The first-order valence-electron chi connectivity index (χ1n) is 5.23. The average molecular weight is 248 g/mol. The SMILES string of the molecule is Cc1ccn(Cc2occc2C(=O)NN)c(=O)n1. The van der Waals surface area contributed by atoms with E-state index >= 15 is 0 Å². The minimum Gasteiger partial charge on any atom is -0.467 e. The van der Waals surface area contributed by atoms with Crippen LogP contribution in [-0.4, -0.2) is 15.5 Å². The van der Waals surface area contributed by atoms with Crippen LogP contribution in [0, 0.1) is 6.92 Å². The molecule has 2 heterocycles. The summed E-state index contributed by atoms with van der Waals surface area (Å²) >= 11 is 0. The first-order chi connectivity index (χ1) is 8.61. The van der Waals surface area contributed by atoms with Crippen LogP contribution in [0.5, 0.6) is 0 Å². The van der Waals surface area contributed by atoms with Crippen molar-refractivity contribution in [1.29, 1.82) is 0 Å². The zero-order chi connectivity index (χ0) is 13.1. The molecule has 1 amide bonds. The zero-order valence-corrected chi connectivity index (χ0v) is 9.71. The number of nitrogen functional groups attached to an aromatic ring is 1. The van der Waals surface area contributed by atoms with E-state index < -0.39 is 11.6 Å². The van der Waals surface area contributed by atoms with Crippen molar-refractivity contribution in [2.45, 2.75) is 13.5 Å². The monoisotopic (exact) mass is 248 g/mol. The number of aryl methyl sites for hydroxylation is 1. The van der Waals surface area contributed by atoms with E-state index in [1.54, 1.807) is 19.2 Å². The number of hydrogen-bond acceptors (Lipinski definition) is 5. The van der Waals surface area contributed by atoms with Gasteiger partial charge in [0, 0.05) is 11.9 Å². The molecule has 3 N–H and O–H groups in total. The summed E-state index contributed by atoms with van der Waals surface area (Å²) < 4.78 is 6.52. The number of nitrogens with zero attached hydrogens (tertiary/aromatic N) is 2. The lowest BCUT2D eigenvalue weighted by Crippen LogP contribution is -2.31. The van der Waals surface area contributed by atoms with Crippen LogP contribution < -0.4 is 17.0 Å². The fourth-order valence-corrected chi connectivity index (χ4v) is 1.53. The van der Waals surface area contributed by atoms with Crippen LogP contribution in [0.2, 0.25) is 0 Å².